The Hall–Kier alpha value is -2.06. The lowest BCUT2D eigenvalue weighted by Gasteiger charge is -2.08. The van der Waals surface area contributed by atoms with Crippen molar-refractivity contribution in [1.82, 2.24) is 14.8 Å². The third-order valence-electron chi connectivity index (χ3n) is 2.63. The van der Waals surface area contributed by atoms with Crippen molar-refractivity contribution in [3.05, 3.63) is 40.4 Å². The van der Waals surface area contributed by atoms with E-state index in [1.165, 1.54) is 0 Å². The van der Waals surface area contributed by atoms with E-state index in [0.717, 1.165) is 5.82 Å². The van der Waals surface area contributed by atoms with Crippen LogP contribution in [-0.2, 0) is 13.7 Å². The molecule has 2 aromatic rings. The van der Waals surface area contributed by atoms with Crippen molar-refractivity contribution in [3.63, 3.8) is 0 Å². The molecule has 0 aliphatic rings. The molecule has 0 saturated carbocycles. The van der Waals surface area contributed by atoms with E-state index in [4.69, 9.17) is 21.6 Å². The number of rotatable bonds is 3. The maximum Gasteiger partial charge on any atom is 0.170 e. The molecule has 0 atom stereocenters. The number of ether oxygens (including phenoxy) is 1. The van der Waals surface area contributed by atoms with E-state index in [9.17, 15) is 0 Å². The summed E-state index contributed by atoms with van der Waals surface area (Å²) in [5.74, 6) is 1.95. The zero-order valence-electron chi connectivity index (χ0n) is 10.0. The van der Waals surface area contributed by atoms with Crippen LogP contribution in [0.15, 0.2) is 18.2 Å². The van der Waals surface area contributed by atoms with Crippen LogP contribution in [0.25, 0.3) is 0 Å². The monoisotopic (exact) mass is 262 g/mol. The van der Waals surface area contributed by atoms with Gasteiger partial charge in [-0.05, 0) is 19.1 Å². The minimum atomic E-state index is 0.242. The molecule has 2 rings (SSSR count). The van der Waals surface area contributed by atoms with Crippen molar-refractivity contribution in [2.24, 2.45) is 7.05 Å². The second-order valence-electron chi connectivity index (χ2n) is 3.74. The Labute approximate surface area is 110 Å². The molecule has 5 nitrogen and oxygen atoms in total. The van der Waals surface area contributed by atoms with Crippen LogP contribution >= 0.6 is 11.6 Å². The first kappa shape index (κ1) is 12.4. The van der Waals surface area contributed by atoms with Gasteiger partial charge in [-0.2, -0.15) is 5.26 Å². The number of nitriles is 1. The molecule has 92 valence electrons. The minimum Gasteiger partial charge on any atom is -0.484 e. The summed E-state index contributed by atoms with van der Waals surface area (Å²) in [7, 11) is 1.86. The second kappa shape index (κ2) is 5.07. The van der Waals surface area contributed by atoms with Gasteiger partial charge in [-0.25, -0.2) is 0 Å². The number of aromatic nitrogens is 3. The number of nitrogens with zero attached hydrogens (tertiary/aromatic N) is 4. The highest BCUT2D eigenvalue weighted by Gasteiger charge is 2.10. The van der Waals surface area contributed by atoms with E-state index in [2.05, 4.69) is 10.2 Å². The first-order valence-corrected chi connectivity index (χ1v) is 5.67. The third-order valence-corrected chi connectivity index (χ3v) is 2.94. The maximum absolute atomic E-state index is 9.01. The van der Waals surface area contributed by atoms with Gasteiger partial charge >= 0.3 is 0 Å². The van der Waals surface area contributed by atoms with Gasteiger partial charge in [0.15, 0.2) is 5.82 Å². The molecule has 0 amide bonds. The molecular formula is C12H11ClN4O. The van der Waals surface area contributed by atoms with Crippen LogP contribution in [0.4, 0.5) is 0 Å². The van der Waals surface area contributed by atoms with Gasteiger partial charge in [0, 0.05) is 7.05 Å². The highest BCUT2D eigenvalue weighted by molar-refractivity contribution is 6.31. The molecule has 6 heteroatoms. The Balaban J connectivity index is 2.19. The lowest BCUT2D eigenvalue weighted by atomic mass is 10.2. The number of benzene rings is 1. The van der Waals surface area contributed by atoms with E-state index in [1.54, 1.807) is 18.2 Å². The van der Waals surface area contributed by atoms with Gasteiger partial charge in [-0.15, -0.1) is 10.2 Å². The summed E-state index contributed by atoms with van der Waals surface area (Å²) in [4.78, 5) is 0. The smallest absolute Gasteiger partial charge is 0.170 e. The summed E-state index contributed by atoms with van der Waals surface area (Å²) in [6.07, 6.45) is 0. The Morgan fingerprint density at radius 1 is 1.44 bits per heavy atom. The molecule has 0 fully saturated rings. The molecule has 0 unspecified atom stereocenters. The van der Waals surface area contributed by atoms with E-state index >= 15 is 0 Å². The number of hydrogen-bond acceptors (Lipinski definition) is 4. The van der Waals surface area contributed by atoms with E-state index in [-0.39, 0.29) is 6.61 Å². The lowest BCUT2D eigenvalue weighted by molar-refractivity contribution is 0.290. The Morgan fingerprint density at radius 2 is 2.22 bits per heavy atom. The molecule has 1 heterocycles. The molecular weight excluding hydrogens is 252 g/mol. The van der Waals surface area contributed by atoms with Crippen LogP contribution in [-0.4, -0.2) is 14.8 Å². The van der Waals surface area contributed by atoms with Gasteiger partial charge in [-0.3, -0.25) is 0 Å². The lowest BCUT2D eigenvalue weighted by Crippen LogP contribution is -2.05. The molecule has 0 aliphatic carbocycles. The van der Waals surface area contributed by atoms with Crippen LogP contribution in [0.1, 0.15) is 17.2 Å². The standard InChI is InChI=1S/C12H11ClN4O/c1-8-15-16-12(17(8)2)7-18-11-5-3-4-10(13)9(11)6-14/h3-5H,7H2,1-2H3. The van der Waals surface area contributed by atoms with Gasteiger partial charge in [0.05, 0.1) is 5.02 Å². The quantitative estimate of drug-likeness (QED) is 0.851. The SMILES string of the molecule is Cc1nnc(COc2cccc(Cl)c2C#N)n1C. The van der Waals surface area contributed by atoms with Crippen molar-refractivity contribution in [2.75, 3.05) is 0 Å². The van der Waals surface area contributed by atoms with E-state index in [0.29, 0.717) is 22.2 Å². The van der Waals surface area contributed by atoms with Gasteiger partial charge in [0.25, 0.3) is 0 Å². The number of halogens is 1. The average Bonchev–Trinajstić information content (AvgIpc) is 2.68. The molecule has 0 bridgehead atoms. The van der Waals surface area contributed by atoms with Crippen molar-refractivity contribution in [1.29, 1.82) is 5.26 Å². The Morgan fingerprint density at radius 3 is 2.83 bits per heavy atom. The summed E-state index contributed by atoms with van der Waals surface area (Å²) in [6.45, 7) is 2.10. The molecule has 18 heavy (non-hydrogen) atoms. The van der Waals surface area contributed by atoms with Crippen molar-refractivity contribution in [3.8, 4) is 11.8 Å². The second-order valence-corrected chi connectivity index (χ2v) is 4.14. The first-order valence-electron chi connectivity index (χ1n) is 5.29. The van der Waals surface area contributed by atoms with Gasteiger partial charge in [0.2, 0.25) is 0 Å². The predicted octanol–water partition coefficient (Wildman–Crippen LogP) is 2.23. The highest BCUT2D eigenvalue weighted by atomic mass is 35.5. The summed E-state index contributed by atoms with van der Waals surface area (Å²) < 4.78 is 7.39. The summed E-state index contributed by atoms with van der Waals surface area (Å²) in [5, 5.41) is 17.3. The zero-order chi connectivity index (χ0) is 13.1. The number of hydrogen-bond donors (Lipinski definition) is 0. The largest absolute Gasteiger partial charge is 0.484 e. The molecule has 0 N–H and O–H groups in total. The topological polar surface area (TPSA) is 63.7 Å². The third kappa shape index (κ3) is 2.29. The Kier molecular flexibility index (Phi) is 3.49. The van der Waals surface area contributed by atoms with Gasteiger partial charge in [-0.1, -0.05) is 17.7 Å². The maximum atomic E-state index is 9.01. The first-order chi connectivity index (χ1) is 8.63. The number of aryl methyl sites for hydroxylation is 1. The Bertz CT molecular complexity index is 615. The van der Waals surface area contributed by atoms with Crippen molar-refractivity contribution >= 4 is 11.6 Å². The fourth-order valence-electron chi connectivity index (χ4n) is 1.45. The zero-order valence-corrected chi connectivity index (χ0v) is 10.8. The molecule has 0 aliphatic heterocycles. The van der Waals surface area contributed by atoms with Crippen LogP contribution in [0.5, 0.6) is 5.75 Å². The summed E-state index contributed by atoms with van der Waals surface area (Å²) >= 11 is 5.91. The molecule has 1 aromatic heterocycles. The van der Waals surface area contributed by atoms with E-state index < -0.39 is 0 Å². The summed E-state index contributed by atoms with van der Waals surface area (Å²) in [5.41, 5.74) is 0.332. The van der Waals surface area contributed by atoms with Gasteiger partial charge in [0.1, 0.15) is 29.8 Å². The normalized spacial score (nSPS) is 10.1. The average molecular weight is 263 g/mol. The van der Waals surface area contributed by atoms with Crippen molar-refractivity contribution < 1.29 is 4.74 Å². The minimum absolute atomic E-state index is 0.242. The highest BCUT2D eigenvalue weighted by Crippen LogP contribution is 2.25. The van der Waals surface area contributed by atoms with Crippen LogP contribution in [0, 0.1) is 18.3 Å². The van der Waals surface area contributed by atoms with Crippen LogP contribution in [0.3, 0.4) is 0 Å². The molecule has 0 saturated heterocycles. The van der Waals surface area contributed by atoms with Crippen molar-refractivity contribution in [2.45, 2.75) is 13.5 Å². The van der Waals surface area contributed by atoms with Gasteiger partial charge < -0.3 is 9.30 Å². The van der Waals surface area contributed by atoms with Crippen LogP contribution in [0.2, 0.25) is 5.02 Å². The molecule has 1 aromatic carbocycles. The fourth-order valence-corrected chi connectivity index (χ4v) is 1.66. The fraction of sp³-hybridized carbons (Fsp3) is 0.250. The molecule has 0 spiro atoms. The molecule has 0 radical (unpaired) electrons. The summed E-state index contributed by atoms with van der Waals surface area (Å²) in [6, 6.07) is 7.11. The van der Waals surface area contributed by atoms with E-state index in [1.807, 2.05) is 24.6 Å². The van der Waals surface area contributed by atoms with Crippen LogP contribution < -0.4 is 4.74 Å². The predicted molar refractivity (Wildman–Crippen MR) is 66.2 cm³/mol.